The minimum Gasteiger partial charge on any atom is -0.481 e. The molecular weight excluding hydrogens is 1380 g/mol. The highest BCUT2D eigenvalue weighted by molar-refractivity contribution is 6.31. The fourth-order valence-electron chi connectivity index (χ4n) is 15.9. The second-order valence-corrected chi connectivity index (χ2v) is 31.0. The van der Waals surface area contributed by atoms with Crippen LogP contribution in [0.2, 0.25) is 20.1 Å². The highest BCUT2D eigenvalue weighted by Gasteiger charge is 2.34. The van der Waals surface area contributed by atoms with Gasteiger partial charge in [-0.05, 0) is 267 Å². The Hall–Kier alpha value is -7.48. The number of hydrogen-bond acceptors (Lipinski definition) is 12. The summed E-state index contributed by atoms with van der Waals surface area (Å²) in [5.41, 5.74) is 9.39. The van der Waals surface area contributed by atoms with Crippen LogP contribution in [0.3, 0.4) is 0 Å². The van der Waals surface area contributed by atoms with Crippen molar-refractivity contribution < 1.29 is 38.1 Å². The molecule has 0 N–H and O–H groups in total. The van der Waals surface area contributed by atoms with Gasteiger partial charge in [0.25, 0.3) is 0 Å². The lowest BCUT2D eigenvalue weighted by Gasteiger charge is -2.32. The number of pyridine rings is 4. The Labute approximate surface area is 637 Å². The average molecular weight is 1490 g/mol. The minimum atomic E-state index is 0.110. The number of nitrogens with zero attached hydrogens (tertiary/aromatic N) is 4. The van der Waals surface area contributed by atoms with Gasteiger partial charge in [0.2, 0.25) is 23.5 Å². The summed E-state index contributed by atoms with van der Waals surface area (Å²) in [6, 6.07) is 46.9. The molecule has 4 aromatic carbocycles. The quantitative estimate of drug-likeness (QED) is 0.0565. The monoisotopic (exact) mass is 1480 g/mol. The maximum Gasteiger partial charge on any atom is 0.213 e. The van der Waals surface area contributed by atoms with Gasteiger partial charge in [0, 0.05) is 118 Å². The summed E-state index contributed by atoms with van der Waals surface area (Å²) in [6.07, 6.45) is 27.0. The maximum absolute atomic E-state index is 12.7. The number of ketones is 4. The fraction of sp³-hybridized carbons (Fsp3) is 0.455. The Morgan fingerprint density at radius 2 is 0.471 bits per heavy atom. The van der Waals surface area contributed by atoms with Crippen LogP contribution in [0.5, 0.6) is 23.5 Å². The van der Waals surface area contributed by atoms with Crippen LogP contribution in [0.1, 0.15) is 199 Å². The molecule has 4 atom stereocenters. The van der Waals surface area contributed by atoms with Crippen LogP contribution >= 0.6 is 46.4 Å². The first-order valence-corrected chi connectivity index (χ1v) is 38.9. The van der Waals surface area contributed by atoms with E-state index in [1.807, 2.05) is 146 Å². The van der Waals surface area contributed by atoms with Gasteiger partial charge in [0.1, 0.15) is 23.1 Å². The number of halogens is 4. The van der Waals surface area contributed by atoms with Crippen molar-refractivity contribution in [3.8, 4) is 23.5 Å². The third kappa shape index (κ3) is 24.3. The molecule has 0 bridgehead atoms. The third-order valence-corrected chi connectivity index (χ3v) is 23.9. The summed E-state index contributed by atoms with van der Waals surface area (Å²) in [6.45, 7) is 8.38. The molecule has 4 heterocycles. The molecule has 552 valence electrons. The zero-order valence-corrected chi connectivity index (χ0v) is 64.8. The van der Waals surface area contributed by atoms with E-state index in [1.165, 1.54) is 22.3 Å². The lowest BCUT2D eigenvalue weighted by molar-refractivity contribution is -0.124. The molecule has 4 aliphatic rings. The number of carbonyl (C=O) groups excluding carboxylic acids is 4. The Bertz CT molecular complexity index is 3460. The number of methoxy groups -OCH3 is 4. The first-order valence-electron chi connectivity index (χ1n) is 37.3. The first-order chi connectivity index (χ1) is 50.3. The summed E-state index contributed by atoms with van der Waals surface area (Å²) in [5.74, 6) is 8.58. The Morgan fingerprint density at radius 1 is 0.298 bits per heavy atom. The molecule has 2 unspecified atom stereocenters. The smallest absolute Gasteiger partial charge is 0.213 e. The molecule has 0 amide bonds. The summed E-state index contributed by atoms with van der Waals surface area (Å²) in [5, 5.41) is 2.83. The van der Waals surface area contributed by atoms with Crippen LogP contribution in [0.4, 0.5) is 0 Å². The molecule has 8 aromatic rings. The highest BCUT2D eigenvalue weighted by Crippen LogP contribution is 2.44. The standard InChI is InChI=1S/4C22H26ClNO2/c4*1-15(21(25)13-16-3-9-20(23)10-4-16)17-5-7-18(8-6-17)19-11-12-24-22(14-19)26-2/h4*3-4,9-12,14-15,17-18H,5-8,13H2,1-2H3/t2*15-,17?,18?;;/m10../s1. The van der Waals surface area contributed by atoms with E-state index in [9.17, 15) is 19.2 Å². The Kier molecular flexibility index (Phi) is 31.7. The van der Waals surface area contributed by atoms with Crippen molar-refractivity contribution in [2.45, 2.75) is 180 Å². The van der Waals surface area contributed by atoms with Gasteiger partial charge in [-0.3, -0.25) is 19.2 Å². The lowest BCUT2D eigenvalue weighted by Crippen LogP contribution is -2.26. The summed E-state index contributed by atoms with van der Waals surface area (Å²) in [4.78, 5) is 67.5. The molecule has 0 spiro atoms. The predicted molar refractivity (Wildman–Crippen MR) is 419 cm³/mol. The van der Waals surface area contributed by atoms with Gasteiger partial charge in [-0.2, -0.15) is 0 Å². The van der Waals surface area contributed by atoms with Crippen molar-refractivity contribution in [2.75, 3.05) is 28.4 Å². The topological polar surface area (TPSA) is 157 Å². The molecule has 104 heavy (non-hydrogen) atoms. The molecule has 0 saturated heterocycles. The molecule has 4 aliphatic carbocycles. The second-order valence-electron chi connectivity index (χ2n) is 29.2. The van der Waals surface area contributed by atoms with Crippen LogP contribution in [-0.2, 0) is 44.9 Å². The summed E-state index contributed by atoms with van der Waals surface area (Å²) in [7, 11) is 6.60. The molecule has 0 radical (unpaired) electrons. The van der Waals surface area contributed by atoms with Gasteiger partial charge in [0.15, 0.2) is 0 Å². The first kappa shape index (κ1) is 80.6. The van der Waals surface area contributed by atoms with Crippen LogP contribution < -0.4 is 18.9 Å². The summed E-state index contributed by atoms with van der Waals surface area (Å²) < 4.78 is 20.9. The van der Waals surface area contributed by atoms with Crippen LogP contribution in [0.15, 0.2) is 170 Å². The second kappa shape index (κ2) is 40.9. The number of Topliss-reactive ketones (excluding diaryl/α,β-unsaturated/α-hetero) is 4. The van der Waals surface area contributed by atoms with Gasteiger partial charge in [-0.15, -0.1) is 0 Å². The lowest BCUT2D eigenvalue weighted by atomic mass is 9.73. The number of benzene rings is 4. The van der Waals surface area contributed by atoms with E-state index in [2.05, 4.69) is 71.9 Å². The van der Waals surface area contributed by atoms with E-state index < -0.39 is 0 Å². The van der Waals surface area contributed by atoms with Gasteiger partial charge < -0.3 is 18.9 Å². The van der Waals surface area contributed by atoms with E-state index in [0.29, 0.717) is 140 Å². The number of aromatic nitrogens is 4. The fourth-order valence-corrected chi connectivity index (χ4v) is 16.4. The largest absolute Gasteiger partial charge is 0.481 e. The average Bonchev–Trinajstić information content (AvgIpc) is 0.856. The molecule has 4 aromatic heterocycles. The molecule has 0 aliphatic heterocycles. The SMILES string of the molecule is COc1cc(C2CCC(C(C)C(=O)Cc3ccc(Cl)cc3)CC2)ccn1.COc1cc(C2CCC(C(C)C(=O)Cc3ccc(Cl)cc3)CC2)ccn1.COc1cc(C2CCC([C@@H](C)C(=O)Cc3ccc(Cl)cc3)CC2)ccn1.COc1cc(C2CCC([C@H](C)C(=O)Cc3ccc(Cl)cc3)CC2)ccn1. The van der Waals surface area contributed by atoms with Crippen molar-refractivity contribution in [2.24, 2.45) is 47.3 Å². The normalized spacial score (nSPS) is 21.2. The number of ether oxygens (including phenoxy) is 4. The van der Waals surface area contributed by atoms with E-state index in [1.54, 1.807) is 28.4 Å². The van der Waals surface area contributed by atoms with Crippen LogP contribution in [0.25, 0.3) is 0 Å². The van der Waals surface area contributed by atoms with Crippen molar-refractivity contribution in [1.82, 2.24) is 19.9 Å². The molecule has 4 saturated carbocycles. The van der Waals surface area contributed by atoms with E-state index in [0.717, 1.165) is 125 Å². The van der Waals surface area contributed by atoms with Crippen molar-refractivity contribution >= 4 is 69.5 Å². The van der Waals surface area contributed by atoms with Gasteiger partial charge in [0.05, 0.1) is 28.4 Å². The summed E-state index contributed by atoms with van der Waals surface area (Å²) >= 11 is 23.7. The van der Waals surface area contributed by atoms with Crippen LogP contribution in [0, 0.1) is 47.3 Å². The van der Waals surface area contributed by atoms with Crippen molar-refractivity contribution in [3.63, 3.8) is 0 Å². The molecular formula is C88H104Cl4N4O8. The maximum atomic E-state index is 12.7. The zero-order chi connectivity index (χ0) is 74.1. The number of hydrogen-bond donors (Lipinski definition) is 0. The Morgan fingerprint density at radius 3 is 0.635 bits per heavy atom. The van der Waals surface area contributed by atoms with Crippen molar-refractivity contribution in [3.05, 3.63) is 235 Å². The van der Waals surface area contributed by atoms with E-state index in [-0.39, 0.29) is 23.7 Å². The predicted octanol–water partition coefficient (Wildman–Crippen LogP) is 21.9. The van der Waals surface area contributed by atoms with E-state index >= 15 is 0 Å². The minimum absolute atomic E-state index is 0.110. The molecule has 4 fully saturated rings. The highest BCUT2D eigenvalue weighted by atomic mass is 35.5. The zero-order valence-electron chi connectivity index (χ0n) is 61.8. The van der Waals surface area contributed by atoms with E-state index in [4.69, 9.17) is 65.4 Å². The number of rotatable bonds is 24. The molecule has 12 nitrogen and oxygen atoms in total. The van der Waals surface area contributed by atoms with Gasteiger partial charge >= 0.3 is 0 Å². The molecule has 16 heteroatoms. The molecule has 12 rings (SSSR count). The third-order valence-electron chi connectivity index (χ3n) is 22.9. The van der Waals surface area contributed by atoms with Crippen LogP contribution in [-0.4, -0.2) is 71.5 Å². The van der Waals surface area contributed by atoms with Gasteiger partial charge in [-0.25, -0.2) is 19.9 Å². The van der Waals surface area contributed by atoms with Crippen molar-refractivity contribution in [1.29, 1.82) is 0 Å². The number of carbonyl (C=O) groups is 4. The Balaban J connectivity index is 0.000000161. The van der Waals surface area contributed by atoms with Gasteiger partial charge in [-0.1, -0.05) is 123 Å².